The number of fused-ring (bicyclic) bond motifs is 3. The van der Waals surface area contributed by atoms with Crippen molar-refractivity contribution in [3.05, 3.63) is 91.8 Å². The number of halogens is 1. The highest BCUT2D eigenvalue weighted by atomic mass is 79.9. The molecule has 2 aromatic carbocycles. The molecule has 0 spiro atoms. The van der Waals surface area contributed by atoms with Gasteiger partial charge in [-0.15, -0.1) is 0 Å². The van der Waals surface area contributed by atoms with E-state index in [9.17, 15) is 10.1 Å². The van der Waals surface area contributed by atoms with Crippen LogP contribution < -0.4 is 4.74 Å². The summed E-state index contributed by atoms with van der Waals surface area (Å²) < 4.78 is 13.2. The molecule has 1 aromatic heterocycles. The highest BCUT2D eigenvalue weighted by Gasteiger charge is 2.41. The summed E-state index contributed by atoms with van der Waals surface area (Å²) in [5.74, 6) is 2.47. The lowest BCUT2D eigenvalue weighted by molar-refractivity contribution is -0.384. The van der Waals surface area contributed by atoms with Gasteiger partial charge in [0, 0.05) is 40.6 Å². The molecule has 0 aliphatic carbocycles. The Bertz CT molecular complexity index is 1160. The molecule has 7 nitrogen and oxygen atoms in total. The fourth-order valence-electron chi connectivity index (χ4n) is 3.91. The average molecular weight is 468 g/mol. The first-order chi connectivity index (χ1) is 14.5. The van der Waals surface area contributed by atoms with E-state index < -0.39 is 11.2 Å². The number of nitro groups is 1. The third-order valence-electron chi connectivity index (χ3n) is 5.44. The van der Waals surface area contributed by atoms with Crippen LogP contribution in [0.5, 0.6) is 5.75 Å². The maximum absolute atomic E-state index is 11.0. The summed E-state index contributed by atoms with van der Waals surface area (Å²) >= 11 is 3.55. The molecule has 0 fully saturated rings. The number of furan rings is 1. The van der Waals surface area contributed by atoms with Gasteiger partial charge in [-0.3, -0.25) is 10.1 Å². The molecule has 0 saturated heterocycles. The molecule has 0 amide bonds. The van der Waals surface area contributed by atoms with Crippen molar-refractivity contribution < 1.29 is 14.1 Å². The number of benzene rings is 2. The van der Waals surface area contributed by atoms with E-state index in [0.717, 1.165) is 45.0 Å². The zero-order valence-corrected chi connectivity index (χ0v) is 17.7. The van der Waals surface area contributed by atoms with Crippen molar-refractivity contribution in [3.8, 4) is 5.75 Å². The SMILES string of the molecule is CCc1ccc(C2=NN3C(C2)c2cc(Br)ccc2OC3c2ccc([N+](=O)[O-])cc2)o1. The Morgan fingerprint density at radius 1 is 1.20 bits per heavy atom. The zero-order valence-electron chi connectivity index (χ0n) is 16.1. The van der Waals surface area contributed by atoms with Gasteiger partial charge in [-0.1, -0.05) is 22.9 Å². The zero-order chi connectivity index (χ0) is 20.8. The largest absolute Gasteiger partial charge is 0.464 e. The first-order valence-corrected chi connectivity index (χ1v) is 10.5. The Hall–Kier alpha value is -3.13. The molecule has 2 atom stereocenters. The normalized spacial score (nSPS) is 19.7. The molecule has 0 N–H and O–H groups in total. The third-order valence-corrected chi connectivity index (χ3v) is 5.93. The number of non-ortho nitro benzene ring substituents is 1. The number of nitro benzene ring substituents is 1. The smallest absolute Gasteiger partial charge is 0.269 e. The minimum Gasteiger partial charge on any atom is -0.464 e. The highest BCUT2D eigenvalue weighted by Crippen LogP contribution is 2.48. The van der Waals surface area contributed by atoms with E-state index in [1.54, 1.807) is 12.1 Å². The maximum Gasteiger partial charge on any atom is 0.269 e. The Morgan fingerprint density at radius 3 is 2.70 bits per heavy atom. The van der Waals surface area contributed by atoms with Gasteiger partial charge in [-0.25, -0.2) is 5.01 Å². The fraction of sp³-hybridized carbons (Fsp3) is 0.227. The minimum atomic E-state index is -0.484. The van der Waals surface area contributed by atoms with Crippen LogP contribution in [0.25, 0.3) is 0 Å². The summed E-state index contributed by atoms with van der Waals surface area (Å²) in [5, 5.41) is 17.8. The Labute approximate surface area is 181 Å². The Kier molecular flexibility index (Phi) is 4.58. The summed E-state index contributed by atoms with van der Waals surface area (Å²) in [4.78, 5) is 10.6. The molecule has 3 heterocycles. The summed E-state index contributed by atoms with van der Waals surface area (Å²) in [5.41, 5.74) is 2.76. The molecular weight excluding hydrogens is 450 g/mol. The van der Waals surface area contributed by atoms with Crippen LogP contribution in [0, 0.1) is 10.1 Å². The number of ether oxygens (including phenoxy) is 1. The minimum absolute atomic E-state index is 0.0170. The van der Waals surface area contributed by atoms with Gasteiger partial charge in [0.2, 0.25) is 6.23 Å². The number of hydrogen-bond acceptors (Lipinski definition) is 6. The quantitative estimate of drug-likeness (QED) is 0.360. The van der Waals surface area contributed by atoms with E-state index in [0.29, 0.717) is 6.42 Å². The molecule has 0 saturated carbocycles. The third kappa shape index (κ3) is 3.17. The van der Waals surface area contributed by atoms with Crippen LogP contribution in [-0.2, 0) is 6.42 Å². The van der Waals surface area contributed by atoms with Crippen molar-refractivity contribution >= 4 is 27.3 Å². The van der Waals surface area contributed by atoms with Gasteiger partial charge >= 0.3 is 0 Å². The monoisotopic (exact) mass is 467 g/mol. The van der Waals surface area contributed by atoms with Crippen molar-refractivity contribution in [3.63, 3.8) is 0 Å². The summed E-state index contributed by atoms with van der Waals surface area (Å²) in [6, 6.07) is 16.3. The standard InChI is InChI=1S/C22H18BrN3O4/c1-2-16-8-10-21(29-16)18-12-19-17-11-14(23)5-9-20(17)30-22(25(19)24-18)13-3-6-15(7-4-13)26(27)28/h3-11,19,22H,2,12H2,1H3. The number of aryl methyl sites for hydroxylation is 1. The van der Waals surface area contributed by atoms with Gasteiger partial charge in [-0.2, -0.15) is 5.10 Å². The van der Waals surface area contributed by atoms with Crippen molar-refractivity contribution in [1.82, 2.24) is 5.01 Å². The van der Waals surface area contributed by atoms with Gasteiger partial charge in [0.05, 0.1) is 11.0 Å². The molecular formula is C22H18BrN3O4. The fourth-order valence-corrected chi connectivity index (χ4v) is 4.29. The van der Waals surface area contributed by atoms with E-state index in [-0.39, 0.29) is 11.7 Å². The van der Waals surface area contributed by atoms with E-state index in [1.807, 2.05) is 29.3 Å². The van der Waals surface area contributed by atoms with Gasteiger partial charge in [0.15, 0.2) is 0 Å². The van der Waals surface area contributed by atoms with Crippen molar-refractivity contribution in [1.29, 1.82) is 0 Å². The molecule has 5 rings (SSSR count). The van der Waals surface area contributed by atoms with E-state index in [2.05, 4.69) is 28.9 Å². The Morgan fingerprint density at radius 2 is 2.00 bits per heavy atom. The molecule has 30 heavy (non-hydrogen) atoms. The van der Waals surface area contributed by atoms with E-state index in [4.69, 9.17) is 14.3 Å². The summed E-state index contributed by atoms with van der Waals surface area (Å²) in [7, 11) is 0. The molecule has 3 aromatic rings. The van der Waals surface area contributed by atoms with E-state index in [1.165, 1.54) is 12.1 Å². The van der Waals surface area contributed by atoms with Crippen LogP contribution in [0.15, 0.2) is 68.6 Å². The number of nitrogens with zero attached hydrogens (tertiary/aromatic N) is 3. The summed E-state index contributed by atoms with van der Waals surface area (Å²) in [6.45, 7) is 2.05. The second kappa shape index (κ2) is 7.28. The molecule has 0 bridgehead atoms. The Balaban J connectivity index is 1.56. The van der Waals surface area contributed by atoms with Crippen LogP contribution in [0.4, 0.5) is 5.69 Å². The number of hydrazone groups is 1. The highest BCUT2D eigenvalue weighted by molar-refractivity contribution is 9.10. The molecule has 152 valence electrons. The van der Waals surface area contributed by atoms with Crippen LogP contribution in [0.3, 0.4) is 0 Å². The lowest BCUT2D eigenvalue weighted by Crippen LogP contribution is -2.33. The summed E-state index contributed by atoms with van der Waals surface area (Å²) in [6.07, 6.45) is 1.03. The van der Waals surface area contributed by atoms with Crippen LogP contribution in [0.2, 0.25) is 0 Å². The van der Waals surface area contributed by atoms with Crippen LogP contribution >= 0.6 is 15.9 Å². The van der Waals surface area contributed by atoms with Gasteiger partial charge in [0.25, 0.3) is 5.69 Å². The van der Waals surface area contributed by atoms with Crippen molar-refractivity contribution in [2.45, 2.75) is 32.0 Å². The number of rotatable bonds is 4. The van der Waals surface area contributed by atoms with Gasteiger partial charge in [0.1, 0.15) is 23.0 Å². The predicted molar refractivity (Wildman–Crippen MR) is 114 cm³/mol. The van der Waals surface area contributed by atoms with Crippen LogP contribution in [0.1, 0.15) is 48.3 Å². The molecule has 2 aliphatic rings. The molecule has 8 heteroatoms. The topological polar surface area (TPSA) is 81.1 Å². The van der Waals surface area contributed by atoms with E-state index >= 15 is 0 Å². The molecule has 2 unspecified atom stereocenters. The van der Waals surface area contributed by atoms with Gasteiger partial charge in [-0.05, 0) is 42.5 Å². The molecule has 0 radical (unpaired) electrons. The lowest BCUT2D eigenvalue weighted by Gasteiger charge is -2.38. The predicted octanol–water partition coefficient (Wildman–Crippen LogP) is 5.76. The first kappa shape index (κ1) is 18.9. The van der Waals surface area contributed by atoms with Crippen molar-refractivity contribution in [2.24, 2.45) is 5.10 Å². The second-order valence-electron chi connectivity index (χ2n) is 7.27. The average Bonchev–Trinajstić information content (AvgIpc) is 3.40. The first-order valence-electron chi connectivity index (χ1n) is 9.69. The maximum atomic E-state index is 11.0. The van der Waals surface area contributed by atoms with Crippen LogP contribution in [-0.4, -0.2) is 15.6 Å². The second-order valence-corrected chi connectivity index (χ2v) is 8.18. The van der Waals surface area contributed by atoms with Gasteiger partial charge < -0.3 is 9.15 Å². The van der Waals surface area contributed by atoms with Crippen molar-refractivity contribution in [2.75, 3.05) is 0 Å². The number of hydrogen-bond donors (Lipinski definition) is 0. The molecule has 2 aliphatic heterocycles. The lowest BCUT2D eigenvalue weighted by atomic mass is 9.97.